The van der Waals surface area contributed by atoms with Crippen LogP contribution in [-0.4, -0.2) is 26.0 Å². The molecular weight excluding hydrogens is 514 g/mol. The van der Waals surface area contributed by atoms with Gasteiger partial charge in [-0.1, -0.05) is 63.2 Å². The Balaban J connectivity index is 1.58. The molecule has 0 atom stereocenters. The van der Waals surface area contributed by atoms with Crippen molar-refractivity contribution in [3.8, 4) is 11.8 Å². The van der Waals surface area contributed by atoms with Gasteiger partial charge in [0.25, 0.3) is 5.91 Å². The summed E-state index contributed by atoms with van der Waals surface area (Å²) in [5, 5.41) is 25.9. The van der Waals surface area contributed by atoms with Gasteiger partial charge in [-0.2, -0.15) is 5.26 Å². The highest BCUT2D eigenvalue weighted by molar-refractivity contribution is 6.12. The van der Waals surface area contributed by atoms with E-state index >= 15 is 0 Å². The van der Waals surface area contributed by atoms with E-state index in [0.717, 1.165) is 5.39 Å². The van der Waals surface area contributed by atoms with E-state index in [1.54, 1.807) is 42.9 Å². The van der Waals surface area contributed by atoms with Crippen LogP contribution in [0.4, 0.5) is 17.1 Å². The number of nitriles is 1. The lowest BCUT2D eigenvalue weighted by atomic mass is 9.87. The molecule has 0 fully saturated rings. The molecule has 0 radical (unpaired) electrons. The first-order valence-corrected chi connectivity index (χ1v) is 13.1. The minimum atomic E-state index is -0.457. The lowest BCUT2D eigenvalue weighted by Gasteiger charge is -2.24. The Hall–Kier alpha value is -5.49. The zero-order chi connectivity index (χ0) is 29.0. The Morgan fingerprint density at radius 3 is 2.32 bits per heavy atom. The molecule has 3 aromatic carbocycles. The van der Waals surface area contributed by atoms with Gasteiger partial charge < -0.3 is 10.4 Å². The smallest absolute Gasteiger partial charge is 0.259 e. The Labute approximate surface area is 237 Å². The molecule has 0 unspecified atom stereocenters. The number of aromatic nitrogens is 3. The van der Waals surface area contributed by atoms with Crippen LogP contribution in [0.5, 0.6) is 5.75 Å². The number of carbonyl (C=O) groups is 1. The normalized spacial score (nSPS) is 11.1. The number of carbonyl (C=O) groups excluding carboxylic acids is 1. The van der Waals surface area contributed by atoms with Crippen LogP contribution >= 0.6 is 0 Å². The van der Waals surface area contributed by atoms with Crippen LogP contribution in [0.1, 0.15) is 53.8 Å². The maximum atomic E-state index is 13.2. The van der Waals surface area contributed by atoms with Crippen molar-refractivity contribution in [3.05, 3.63) is 114 Å². The van der Waals surface area contributed by atoms with Crippen molar-refractivity contribution in [2.24, 2.45) is 0 Å². The lowest BCUT2D eigenvalue weighted by Crippen LogP contribution is -2.21. The summed E-state index contributed by atoms with van der Waals surface area (Å²) in [5.41, 5.74) is 9.03. The first-order valence-electron chi connectivity index (χ1n) is 13.1. The van der Waals surface area contributed by atoms with Gasteiger partial charge in [0.15, 0.2) is 5.75 Å². The van der Waals surface area contributed by atoms with Crippen LogP contribution in [0, 0.1) is 11.3 Å². The monoisotopic (exact) mass is 543 g/mol. The number of benzene rings is 3. The van der Waals surface area contributed by atoms with Crippen molar-refractivity contribution in [2.75, 3.05) is 16.2 Å². The fraction of sp³-hybridized carbons (Fsp3) is 0.156. The lowest BCUT2D eigenvalue weighted by molar-refractivity contribution is 0.102. The van der Waals surface area contributed by atoms with Crippen LogP contribution in [-0.2, 0) is 11.8 Å². The Bertz CT molecular complexity index is 1760. The molecule has 9 heteroatoms. The molecule has 4 N–H and O–H groups in total. The Kier molecular flexibility index (Phi) is 7.48. The highest BCUT2D eigenvalue weighted by Gasteiger charge is 2.25. The molecule has 0 saturated carbocycles. The second-order valence-electron chi connectivity index (χ2n) is 10.5. The molecule has 1 amide bonds. The number of rotatable bonds is 7. The highest BCUT2D eigenvalue weighted by Crippen LogP contribution is 2.38. The predicted octanol–water partition coefficient (Wildman–Crippen LogP) is 6.18. The minimum Gasteiger partial charge on any atom is -0.505 e. The number of phenols is 1. The van der Waals surface area contributed by atoms with E-state index in [1.165, 1.54) is 0 Å². The molecule has 0 bridgehead atoms. The topological polar surface area (TPSA) is 136 Å². The summed E-state index contributed by atoms with van der Waals surface area (Å²) >= 11 is 0. The van der Waals surface area contributed by atoms with Crippen LogP contribution < -0.4 is 16.2 Å². The number of nitrogens with one attached hydrogen (secondary N) is 3. The quantitative estimate of drug-likeness (QED) is 0.141. The molecule has 5 aromatic rings. The number of para-hydroxylation sites is 1. The molecule has 0 aliphatic heterocycles. The molecule has 2 aromatic heterocycles. The zero-order valence-electron chi connectivity index (χ0n) is 22.9. The van der Waals surface area contributed by atoms with Crippen LogP contribution in [0.25, 0.3) is 10.8 Å². The summed E-state index contributed by atoms with van der Waals surface area (Å²) in [6.45, 7) is 5.96. The number of fused-ring (bicyclic) bond motifs is 1. The van der Waals surface area contributed by atoms with E-state index in [2.05, 4.69) is 37.2 Å². The summed E-state index contributed by atoms with van der Waals surface area (Å²) in [7, 11) is 0. The summed E-state index contributed by atoms with van der Waals surface area (Å²) in [5.74, 6) is -0.125. The minimum absolute atomic E-state index is 0.0976. The number of phenolic OH excluding ortho intramolecular Hbond substituents is 1. The Morgan fingerprint density at radius 1 is 0.927 bits per heavy atom. The van der Waals surface area contributed by atoms with Gasteiger partial charge in [-0.15, -0.1) is 0 Å². The third-order valence-electron chi connectivity index (χ3n) is 6.56. The van der Waals surface area contributed by atoms with Gasteiger partial charge in [-0.25, -0.2) is 9.97 Å². The van der Waals surface area contributed by atoms with E-state index in [9.17, 15) is 15.2 Å². The zero-order valence-corrected chi connectivity index (χ0v) is 22.9. The third-order valence-corrected chi connectivity index (χ3v) is 6.56. The molecule has 5 rings (SSSR count). The van der Waals surface area contributed by atoms with E-state index in [1.807, 2.05) is 63.2 Å². The molecule has 0 aliphatic rings. The average molecular weight is 544 g/mol. The first kappa shape index (κ1) is 27.1. The Morgan fingerprint density at radius 2 is 1.61 bits per heavy atom. The first-order chi connectivity index (χ1) is 19.8. The second kappa shape index (κ2) is 11.3. The predicted molar refractivity (Wildman–Crippen MR) is 160 cm³/mol. The number of amides is 1. The molecule has 204 valence electrons. The standard InChI is InChI=1S/C32H29N7O2/c1-32(2,3)30-25(18-33)27(21(19-36-30)17-26-34-14-9-15-35-26)38-39-28-23-13-8-7-10-20(23)16-24(29(28)40)31(41)37-22-11-5-4-6-12-22/h4-16,19,39-40H,17H2,1-3H3,(H,36,38)(H,37,41). The number of hydrogen-bond donors (Lipinski definition) is 4. The van der Waals surface area contributed by atoms with Crippen molar-refractivity contribution in [2.45, 2.75) is 32.6 Å². The average Bonchev–Trinajstić information content (AvgIpc) is 2.97. The van der Waals surface area contributed by atoms with Gasteiger partial charge in [0.05, 0.1) is 22.5 Å². The number of pyridine rings is 1. The number of hydrogen-bond acceptors (Lipinski definition) is 8. The van der Waals surface area contributed by atoms with Gasteiger partial charge in [-0.05, 0) is 29.7 Å². The van der Waals surface area contributed by atoms with Crippen LogP contribution in [0.2, 0.25) is 0 Å². The number of hydrazine groups is 1. The van der Waals surface area contributed by atoms with Gasteiger partial charge in [-0.3, -0.25) is 20.6 Å². The van der Waals surface area contributed by atoms with Gasteiger partial charge in [0.2, 0.25) is 0 Å². The van der Waals surface area contributed by atoms with Crippen molar-refractivity contribution >= 4 is 33.7 Å². The maximum Gasteiger partial charge on any atom is 0.259 e. The van der Waals surface area contributed by atoms with E-state index in [-0.39, 0.29) is 11.3 Å². The molecule has 9 nitrogen and oxygen atoms in total. The van der Waals surface area contributed by atoms with Gasteiger partial charge >= 0.3 is 0 Å². The molecule has 41 heavy (non-hydrogen) atoms. The third kappa shape index (κ3) is 5.77. The van der Waals surface area contributed by atoms with Crippen molar-refractivity contribution in [1.29, 1.82) is 5.26 Å². The number of anilines is 3. The second-order valence-corrected chi connectivity index (χ2v) is 10.5. The highest BCUT2D eigenvalue weighted by atomic mass is 16.3. The summed E-state index contributed by atoms with van der Waals surface area (Å²) in [6.07, 6.45) is 5.35. The van der Waals surface area contributed by atoms with E-state index in [0.29, 0.717) is 51.5 Å². The fourth-order valence-corrected chi connectivity index (χ4v) is 4.58. The summed E-state index contributed by atoms with van der Waals surface area (Å²) < 4.78 is 0. The molecule has 0 spiro atoms. The van der Waals surface area contributed by atoms with Crippen molar-refractivity contribution in [1.82, 2.24) is 15.0 Å². The SMILES string of the molecule is CC(C)(C)c1ncc(Cc2ncccn2)c(NNc2c(O)c(C(=O)Nc3ccccc3)cc3ccccc23)c1C#N. The molecule has 0 aliphatic carbocycles. The largest absolute Gasteiger partial charge is 0.505 e. The maximum absolute atomic E-state index is 13.2. The molecular formula is C32H29N7O2. The van der Waals surface area contributed by atoms with Gasteiger partial charge in [0, 0.05) is 47.1 Å². The number of aromatic hydroxyl groups is 1. The summed E-state index contributed by atoms with van der Waals surface area (Å²) in [6, 6.07) is 22.1. The van der Waals surface area contributed by atoms with Gasteiger partial charge in [0.1, 0.15) is 17.6 Å². The van der Waals surface area contributed by atoms with Crippen molar-refractivity contribution in [3.63, 3.8) is 0 Å². The molecule has 0 saturated heterocycles. The van der Waals surface area contributed by atoms with Crippen LogP contribution in [0.15, 0.2) is 85.3 Å². The number of nitrogens with zero attached hydrogens (tertiary/aromatic N) is 4. The van der Waals surface area contributed by atoms with Crippen molar-refractivity contribution < 1.29 is 9.90 Å². The fourth-order valence-electron chi connectivity index (χ4n) is 4.58. The summed E-state index contributed by atoms with van der Waals surface area (Å²) in [4.78, 5) is 26.5. The van der Waals surface area contributed by atoms with E-state index < -0.39 is 11.3 Å². The van der Waals surface area contributed by atoms with E-state index in [4.69, 9.17) is 0 Å². The van der Waals surface area contributed by atoms with Crippen LogP contribution in [0.3, 0.4) is 0 Å². The molecule has 2 heterocycles.